The molecular weight excluding hydrogens is 182 g/mol. The zero-order valence-electron chi connectivity index (χ0n) is 7.57. The molecular formula is C10H9NO3. The van der Waals surface area contributed by atoms with Gasteiger partial charge in [-0.25, -0.2) is 4.79 Å². The van der Waals surface area contributed by atoms with E-state index in [0.29, 0.717) is 22.2 Å². The number of nitrogens with two attached hydrogens (primary N) is 1. The number of fused-ring (bicyclic) bond motifs is 1. The summed E-state index contributed by atoms with van der Waals surface area (Å²) in [6.45, 7) is 1.67. The minimum atomic E-state index is -0.510. The van der Waals surface area contributed by atoms with Crippen LogP contribution in [-0.2, 0) is 0 Å². The third-order valence-corrected chi connectivity index (χ3v) is 2.16. The molecule has 0 aliphatic rings. The number of hydrogen-bond acceptors (Lipinski definition) is 4. The maximum absolute atomic E-state index is 11.0. The van der Waals surface area contributed by atoms with Crippen molar-refractivity contribution in [2.45, 2.75) is 6.92 Å². The quantitative estimate of drug-likeness (QED) is 0.617. The van der Waals surface area contributed by atoms with Gasteiger partial charge in [-0.05, 0) is 19.1 Å². The first-order valence-corrected chi connectivity index (χ1v) is 4.11. The van der Waals surface area contributed by atoms with Crippen LogP contribution in [0.25, 0.3) is 11.0 Å². The summed E-state index contributed by atoms with van der Waals surface area (Å²) in [7, 11) is 0. The molecule has 0 aliphatic carbocycles. The second-order valence-corrected chi connectivity index (χ2v) is 3.11. The van der Waals surface area contributed by atoms with E-state index >= 15 is 0 Å². The van der Waals surface area contributed by atoms with Crippen molar-refractivity contribution in [2.75, 3.05) is 5.73 Å². The minimum absolute atomic E-state index is 0.0891. The maximum atomic E-state index is 11.0. The summed E-state index contributed by atoms with van der Waals surface area (Å²) < 4.78 is 4.96. The van der Waals surface area contributed by atoms with Crippen molar-refractivity contribution in [3.05, 3.63) is 34.2 Å². The highest BCUT2D eigenvalue weighted by molar-refractivity contribution is 5.91. The van der Waals surface area contributed by atoms with Gasteiger partial charge in [-0.1, -0.05) is 0 Å². The molecule has 0 saturated heterocycles. The molecule has 0 unspecified atom stereocenters. The van der Waals surface area contributed by atoms with Crippen LogP contribution in [0.3, 0.4) is 0 Å². The molecule has 1 aromatic carbocycles. The standard InChI is InChI=1S/C10H9NO3/c1-5-8(12)3-2-6-7(11)4-9(13)14-10(5)6/h2-4,12H,11H2,1H3. The first kappa shape index (κ1) is 8.62. The van der Waals surface area contributed by atoms with Gasteiger partial charge in [0.2, 0.25) is 0 Å². The molecule has 14 heavy (non-hydrogen) atoms. The second-order valence-electron chi connectivity index (χ2n) is 3.11. The maximum Gasteiger partial charge on any atom is 0.338 e. The molecule has 0 amide bonds. The van der Waals surface area contributed by atoms with Gasteiger partial charge in [-0.3, -0.25) is 0 Å². The van der Waals surface area contributed by atoms with Crippen molar-refractivity contribution >= 4 is 16.7 Å². The molecule has 0 fully saturated rings. The number of phenolic OH excluding ortho intramolecular Hbond substituents is 1. The monoisotopic (exact) mass is 191 g/mol. The zero-order valence-corrected chi connectivity index (χ0v) is 7.57. The van der Waals surface area contributed by atoms with E-state index in [4.69, 9.17) is 10.2 Å². The number of aryl methyl sites for hydroxylation is 1. The SMILES string of the molecule is Cc1c(O)ccc2c(N)cc(=O)oc12. The van der Waals surface area contributed by atoms with Gasteiger partial charge < -0.3 is 15.3 Å². The predicted molar refractivity (Wildman–Crippen MR) is 53.3 cm³/mol. The van der Waals surface area contributed by atoms with Crippen molar-refractivity contribution in [1.82, 2.24) is 0 Å². The lowest BCUT2D eigenvalue weighted by molar-refractivity contribution is 0.468. The Morgan fingerprint density at radius 2 is 2.14 bits per heavy atom. The van der Waals surface area contributed by atoms with E-state index in [0.717, 1.165) is 0 Å². The van der Waals surface area contributed by atoms with Crippen LogP contribution >= 0.6 is 0 Å². The first-order valence-electron chi connectivity index (χ1n) is 4.11. The highest BCUT2D eigenvalue weighted by atomic mass is 16.4. The van der Waals surface area contributed by atoms with Gasteiger partial charge in [-0.2, -0.15) is 0 Å². The highest BCUT2D eigenvalue weighted by Crippen LogP contribution is 2.27. The molecule has 2 rings (SSSR count). The molecule has 3 N–H and O–H groups in total. The van der Waals surface area contributed by atoms with Crippen LogP contribution in [0.1, 0.15) is 5.56 Å². The second kappa shape index (κ2) is 2.77. The van der Waals surface area contributed by atoms with E-state index in [1.54, 1.807) is 13.0 Å². The number of hydrogen-bond donors (Lipinski definition) is 2. The summed E-state index contributed by atoms with van der Waals surface area (Å²) in [5.74, 6) is 0.0891. The van der Waals surface area contributed by atoms with Crippen molar-refractivity contribution in [1.29, 1.82) is 0 Å². The van der Waals surface area contributed by atoms with Crippen LogP contribution in [0.4, 0.5) is 5.69 Å². The summed E-state index contributed by atoms with van der Waals surface area (Å²) in [4.78, 5) is 11.0. The fourth-order valence-electron chi connectivity index (χ4n) is 1.37. The number of rotatable bonds is 0. The van der Waals surface area contributed by atoms with Gasteiger partial charge in [0.05, 0.1) is 0 Å². The number of anilines is 1. The minimum Gasteiger partial charge on any atom is -0.508 e. The number of phenols is 1. The fraction of sp³-hybridized carbons (Fsp3) is 0.100. The molecule has 1 aromatic heterocycles. The average molecular weight is 191 g/mol. The molecule has 0 atom stereocenters. The van der Waals surface area contributed by atoms with Gasteiger partial charge in [0.25, 0.3) is 0 Å². The topological polar surface area (TPSA) is 76.5 Å². The van der Waals surface area contributed by atoms with Crippen LogP contribution in [0.2, 0.25) is 0 Å². The van der Waals surface area contributed by atoms with Gasteiger partial charge in [0.15, 0.2) is 0 Å². The van der Waals surface area contributed by atoms with Crippen LogP contribution in [0.5, 0.6) is 5.75 Å². The van der Waals surface area contributed by atoms with Gasteiger partial charge in [0, 0.05) is 22.7 Å². The molecule has 0 aliphatic heterocycles. The van der Waals surface area contributed by atoms with E-state index < -0.39 is 5.63 Å². The summed E-state index contributed by atoms with van der Waals surface area (Å²) in [5.41, 5.74) is 6.35. The number of benzene rings is 1. The number of nitrogen functional groups attached to an aromatic ring is 1. The summed E-state index contributed by atoms with van der Waals surface area (Å²) >= 11 is 0. The Bertz CT molecular complexity index is 557. The van der Waals surface area contributed by atoms with Crippen molar-refractivity contribution in [3.63, 3.8) is 0 Å². The smallest absolute Gasteiger partial charge is 0.338 e. The Morgan fingerprint density at radius 1 is 1.43 bits per heavy atom. The van der Waals surface area contributed by atoms with Crippen LogP contribution in [0, 0.1) is 6.92 Å². The lowest BCUT2D eigenvalue weighted by Gasteiger charge is -2.04. The first-order chi connectivity index (χ1) is 6.59. The summed E-state index contributed by atoms with van der Waals surface area (Å²) in [6.07, 6.45) is 0. The van der Waals surface area contributed by atoms with E-state index in [1.165, 1.54) is 12.1 Å². The Kier molecular flexibility index (Phi) is 1.70. The van der Waals surface area contributed by atoms with Crippen LogP contribution in [0.15, 0.2) is 27.4 Å². The highest BCUT2D eigenvalue weighted by Gasteiger charge is 2.07. The van der Waals surface area contributed by atoms with E-state index in [2.05, 4.69) is 0 Å². The third-order valence-electron chi connectivity index (χ3n) is 2.16. The van der Waals surface area contributed by atoms with Gasteiger partial charge in [-0.15, -0.1) is 0 Å². The van der Waals surface area contributed by atoms with Crippen molar-refractivity contribution in [3.8, 4) is 5.75 Å². The third kappa shape index (κ3) is 1.12. The molecule has 4 heteroatoms. The molecule has 0 bridgehead atoms. The van der Waals surface area contributed by atoms with Gasteiger partial charge in [0.1, 0.15) is 11.3 Å². The predicted octanol–water partition coefficient (Wildman–Crippen LogP) is 1.39. The average Bonchev–Trinajstić information content (AvgIpc) is 2.12. The normalized spacial score (nSPS) is 10.6. The molecule has 0 radical (unpaired) electrons. The Balaban J connectivity index is 3.02. The van der Waals surface area contributed by atoms with E-state index in [9.17, 15) is 9.90 Å². The summed E-state index contributed by atoms with van der Waals surface area (Å²) in [5, 5.41) is 10.0. The molecule has 72 valence electrons. The van der Waals surface area contributed by atoms with Crippen LogP contribution in [-0.4, -0.2) is 5.11 Å². The lowest BCUT2D eigenvalue weighted by atomic mass is 10.1. The van der Waals surface area contributed by atoms with Crippen LogP contribution < -0.4 is 11.4 Å². The van der Waals surface area contributed by atoms with Gasteiger partial charge >= 0.3 is 5.63 Å². The van der Waals surface area contributed by atoms with Crippen molar-refractivity contribution < 1.29 is 9.52 Å². The van der Waals surface area contributed by atoms with Crippen molar-refractivity contribution in [2.24, 2.45) is 0 Å². The Labute approximate surface area is 79.6 Å². The Morgan fingerprint density at radius 3 is 2.86 bits per heavy atom. The number of aromatic hydroxyl groups is 1. The lowest BCUT2D eigenvalue weighted by Crippen LogP contribution is -2.01. The Hall–Kier alpha value is -1.97. The largest absolute Gasteiger partial charge is 0.508 e. The van der Waals surface area contributed by atoms with E-state index in [1.807, 2.05) is 0 Å². The molecule has 0 spiro atoms. The molecule has 4 nitrogen and oxygen atoms in total. The molecule has 1 heterocycles. The van der Waals surface area contributed by atoms with E-state index in [-0.39, 0.29) is 5.75 Å². The summed E-state index contributed by atoms with van der Waals surface area (Å²) in [6, 6.07) is 4.36. The zero-order chi connectivity index (χ0) is 10.3. The molecule has 0 saturated carbocycles. The molecule has 2 aromatic rings. The fourth-order valence-corrected chi connectivity index (χ4v) is 1.37.